The highest BCUT2D eigenvalue weighted by molar-refractivity contribution is 6.44. The van der Waals surface area contributed by atoms with Gasteiger partial charge >= 0.3 is 0 Å². The van der Waals surface area contributed by atoms with Crippen LogP contribution in [0, 0.1) is 17.1 Å². The molecule has 0 fully saturated rings. The number of nitrogens with zero attached hydrogens (tertiary/aromatic N) is 2. The van der Waals surface area contributed by atoms with Crippen LogP contribution in [0.4, 0.5) is 4.39 Å². The van der Waals surface area contributed by atoms with Gasteiger partial charge in [0.1, 0.15) is 6.07 Å². The maximum Gasteiger partial charge on any atom is 0.161 e. The molecule has 0 aliphatic heterocycles. The molecule has 2 rings (SSSR count). The smallest absolute Gasteiger partial charge is 0.161 e. The van der Waals surface area contributed by atoms with Crippen molar-refractivity contribution in [1.29, 1.82) is 5.26 Å². The summed E-state index contributed by atoms with van der Waals surface area (Å²) in [4.78, 5) is 3.93. The van der Waals surface area contributed by atoms with Crippen LogP contribution in [-0.2, 0) is 0 Å². The molecule has 16 heavy (non-hydrogen) atoms. The Morgan fingerprint density at radius 3 is 2.56 bits per heavy atom. The predicted octanol–water partition coefficient (Wildman–Crippen LogP) is 4.21. The normalized spacial score (nSPS) is 10.4. The van der Waals surface area contributed by atoms with Gasteiger partial charge in [-0.05, 0) is 6.07 Å². The van der Waals surface area contributed by atoms with Gasteiger partial charge in [0.05, 0.1) is 26.1 Å². The molecule has 0 atom stereocenters. The first kappa shape index (κ1) is 11.4. The number of benzene rings is 1. The summed E-state index contributed by atoms with van der Waals surface area (Å²) in [5, 5.41) is 8.67. The third-order valence-electron chi connectivity index (χ3n) is 2.05. The molecule has 0 radical (unpaired) electrons. The Labute approximate surface area is 105 Å². The first-order chi connectivity index (χ1) is 7.56. The highest BCUT2D eigenvalue weighted by atomic mass is 35.5. The highest BCUT2D eigenvalue weighted by Crippen LogP contribution is 2.36. The molecular formula is C10H2Cl3FN2. The Morgan fingerprint density at radius 1 is 1.25 bits per heavy atom. The third kappa shape index (κ3) is 1.60. The minimum Gasteiger partial charge on any atom is -0.255 e. The quantitative estimate of drug-likeness (QED) is 0.675. The van der Waals surface area contributed by atoms with E-state index in [1.807, 2.05) is 6.07 Å². The summed E-state index contributed by atoms with van der Waals surface area (Å²) >= 11 is 17.3. The SMILES string of the molecule is N#Cc1cnc2cc(Cl)c(F)c(Cl)c2c1Cl. The molecule has 0 saturated carbocycles. The van der Waals surface area contributed by atoms with E-state index in [1.165, 1.54) is 12.3 Å². The van der Waals surface area contributed by atoms with E-state index in [2.05, 4.69) is 4.98 Å². The number of pyridine rings is 1. The minimum absolute atomic E-state index is 0.0769. The second kappa shape index (κ2) is 4.06. The van der Waals surface area contributed by atoms with Crippen molar-refractivity contribution >= 4 is 45.7 Å². The van der Waals surface area contributed by atoms with E-state index < -0.39 is 5.82 Å². The molecule has 2 aromatic rings. The predicted molar refractivity (Wildman–Crippen MR) is 61.4 cm³/mol. The van der Waals surface area contributed by atoms with Gasteiger partial charge in [-0.2, -0.15) is 5.26 Å². The lowest BCUT2D eigenvalue weighted by molar-refractivity contribution is 0.630. The van der Waals surface area contributed by atoms with Crippen LogP contribution >= 0.6 is 34.8 Å². The summed E-state index contributed by atoms with van der Waals surface area (Å²) in [7, 11) is 0. The first-order valence-electron chi connectivity index (χ1n) is 4.08. The topological polar surface area (TPSA) is 36.7 Å². The fraction of sp³-hybridized carbons (Fsp3) is 0. The molecule has 6 heteroatoms. The largest absolute Gasteiger partial charge is 0.255 e. The zero-order chi connectivity index (χ0) is 11.9. The zero-order valence-electron chi connectivity index (χ0n) is 7.56. The number of hydrogen-bond acceptors (Lipinski definition) is 2. The van der Waals surface area contributed by atoms with Crippen LogP contribution in [0.2, 0.25) is 15.1 Å². The summed E-state index contributed by atoms with van der Waals surface area (Å²) in [6.45, 7) is 0. The van der Waals surface area contributed by atoms with E-state index in [0.29, 0.717) is 5.52 Å². The molecule has 0 unspecified atom stereocenters. The number of halogens is 4. The fourth-order valence-electron chi connectivity index (χ4n) is 1.30. The van der Waals surface area contributed by atoms with E-state index in [4.69, 9.17) is 40.1 Å². The van der Waals surface area contributed by atoms with Gasteiger partial charge in [0.25, 0.3) is 0 Å². The van der Waals surface area contributed by atoms with Crippen molar-refractivity contribution in [3.63, 3.8) is 0 Å². The number of rotatable bonds is 0. The van der Waals surface area contributed by atoms with Crippen LogP contribution in [0.1, 0.15) is 5.56 Å². The molecule has 0 saturated heterocycles. The standard InChI is InChI=1S/C10H2Cl3FN2/c11-5-1-6-7(9(13)10(5)14)8(12)4(2-15)3-16-6/h1,3H. The van der Waals surface area contributed by atoms with Gasteiger partial charge in [-0.3, -0.25) is 4.98 Å². The van der Waals surface area contributed by atoms with E-state index >= 15 is 0 Å². The molecule has 0 amide bonds. The average Bonchev–Trinajstić information content (AvgIpc) is 2.26. The molecular weight excluding hydrogens is 273 g/mol. The van der Waals surface area contributed by atoms with Crippen molar-refractivity contribution < 1.29 is 4.39 Å². The zero-order valence-corrected chi connectivity index (χ0v) is 9.83. The van der Waals surface area contributed by atoms with Gasteiger partial charge in [0, 0.05) is 11.6 Å². The van der Waals surface area contributed by atoms with Crippen LogP contribution in [0.25, 0.3) is 10.9 Å². The van der Waals surface area contributed by atoms with Crippen molar-refractivity contribution in [2.24, 2.45) is 0 Å². The molecule has 1 aromatic heterocycles. The van der Waals surface area contributed by atoms with Crippen LogP contribution in [0.15, 0.2) is 12.3 Å². The number of hydrogen-bond donors (Lipinski definition) is 0. The Balaban J connectivity index is 3.00. The van der Waals surface area contributed by atoms with Gasteiger partial charge < -0.3 is 0 Å². The lowest BCUT2D eigenvalue weighted by Gasteiger charge is -2.06. The second-order valence-corrected chi connectivity index (χ2v) is 4.14. The molecule has 80 valence electrons. The van der Waals surface area contributed by atoms with Gasteiger partial charge in [-0.25, -0.2) is 4.39 Å². The lowest BCUT2D eigenvalue weighted by atomic mass is 10.1. The average molecular weight is 275 g/mol. The maximum absolute atomic E-state index is 13.4. The first-order valence-corrected chi connectivity index (χ1v) is 5.21. The van der Waals surface area contributed by atoms with E-state index in [1.54, 1.807) is 0 Å². The van der Waals surface area contributed by atoms with E-state index in [-0.39, 0.29) is 26.0 Å². The van der Waals surface area contributed by atoms with Gasteiger partial charge in [-0.1, -0.05) is 34.8 Å². The van der Waals surface area contributed by atoms with Crippen molar-refractivity contribution in [2.45, 2.75) is 0 Å². The van der Waals surface area contributed by atoms with Crippen molar-refractivity contribution in [1.82, 2.24) is 4.98 Å². The number of fused-ring (bicyclic) bond motifs is 1. The maximum atomic E-state index is 13.4. The fourth-order valence-corrected chi connectivity index (χ4v) is 2.17. The highest BCUT2D eigenvalue weighted by Gasteiger charge is 2.16. The Bertz CT molecular complexity index is 634. The molecule has 1 aromatic carbocycles. The molecule has 1 heterocycles. The summed E-state index contributed by atoms with van der Waals surface area (Å²) in [5.41, 5.74) is 0.484. The third-order valence-corrected chi connectivity index (χ3v) is 3.07. The van der Waals surface area contributed by atoms with Crippen LogP contribution in [0.5, 0.6) is 0 Å². The Hall–Kier alpha value is -1.08. The Morgan fingerprint density at radius 2 is 1.94 bits per heavy atom. The summed E-state index contributed by atoms with van der Waals surface area (Å²) in [6.07, 6.45) is 1.29. The number of aromatic nitrogens is 1. The molecule has 0 spiro atoms. The lowest BCUT2D eigenvalue weighted by Crippen LogP contribution is -1.89. The van der Waals surface area contributed by atoms with Crippen molar-refractivity contribution in [2.75, 3.05) is 0 Å². The minimum atomic E-state index is -0.769. The van der Waals surface area contributed by atoms with Crippen LogP contribution < -0.4 is 0 Å². The number of nitriles is 1. The van der Waals surface area contributed by atoms with Crippen molar-refractivity contribution in [3.05, 3.63) is 38.7 Å². The second-order valence-electron chi connectivity index (χ2n) is 2.98. The van der Waals surface area contributed by atoms with Gasteiger partial charge in [0.15, 0.2) is 5.82 Å². The van der Waals surface area contributed by atoms with Gasteiger partial charge in [-0.15, -0.1) is 0 Å². The summed E-state index contributed by atoms with van der Waals surface area (Å²) < 4.78 is 13.4. The molecule has 0 bridgehead atoms. The molecule has 0 aliphatic carbocycles. The van der Waals surface area contributed by atoms with Crippen molar-refractivity contribution in [3.8, 4) is 6.07 Å². The van der Waals surface area contributed by atoms with Gasteiger partial charge in [0.2, 0.25) is 0 Å². The molecule has 0 aliphatic rings. The Kier molecular flexibility index (Phi) is 2.90. The monoisotopic (exact) mass is 274 g/mol. The molecule has 0 N–H and O–H groups in total. The van der Waals surface area contributed by atoms with Crippen LogP contribution in [-0.4, -0.2) is 4.98 Å². The van der Waals surface area contributed by atoms with E-state index in [0.717, 1.165) is 0 Å². The van der Waals surface area contributed by atoms with Crippen LogP contribution in [0.3, 0.4) is 0 Å². The summed E-state index contributed by atoms with van der Waals surface area (Å²) in [6, 6.07) is 3.15. The van der Waals surface area contributed by atoms with E-state index in [9.17, 15) is 4.39 Å². The molecule has 2 nitrogen and oxygen atoms in total. The summed E-state index contributed by atoms with van der Waals surface area (Å²) in [5.74, 6) is -0.769.